The van der Waals surface area contributed by atoms with Crippen molar-refractivity contribution < 1.29 is 0 Å². The highest BCUT2D eigenvalue weighted by Gasteiger charge is 2.19. The third kappa shape index (κ3) is 2.73. The summed E-state index contributed by atoms with van der Waals surface area (Å²) in [6, 6.07) is 4.95. The maximum Gasteiger partial charge on any atom is 0.128 e. The van der Waals surface area contributed by atoms with Gasteiger partial charge in [0.15, 0.2) is 0 Å². The lowest BCUT2D eigenvalue weighted by Gasteiger charge is -2.32. The normalized spacial score (nSPS) is 13.4. The van der Waals surface area contributed by atoms with Crippen LogP contribution in [0.3, 0.4) is 0 Å². The highest BCUT2D eigenvalue weighted by Crippen LogP contribution is 2.25. The molecule has 1 unspecified atom stereocenters. The Hall–Kier alpha value is -1.09. The van der Waals surface area contributed by atoms with Gasteiger partial charge in [0.1, 0.15) is 5.82 Å². The van der Waals surface area contributed by atoms with Crippen LogP contribution < -0.4 is 5.73 Å². The number of nitrogens with zero attached hydrogens (tertiary/aromatic N) is 2. The molecule has 0 aliphatic heterocycles. The third-order valence-electron chi connectivity index (χ3n) is 3.07. The van der Waals surface area contributed by atoms with Crippen LogP contribution in [0.1, 0.15) is 45.0 Å². The lowest BCUT2D eigenvalue weighted by molar-refractivity contribution is 0.175. The number of nitrogen functional groups attached to an aromatic ring is 1. The van der Waals surface area contributed by atoms with Gasteiger partial charge in [0.05, 0.1) is 0 Å². The molecule has 0 bridgehead atoms. The van der Waals surface area contributed by atoms with E-state index in [4.69, 9.17) is 5.73 Å². The first-order valence-corrected chi connectivity index (χ1v) is 5.96. The number of hydrogen-bond donors (Lipinski definition) is 1. The molecule has 2 N–H and O–H groups in total. The van der Waals surface area contributed by atoms with Crippen LogP contribution in [0.25, 0.3) is 0 Å². The second-order valence-corrected chi connectivity index (χ2v) is 4.53. The van der Waals surface area contributed by atoms with Crippen LogP contribution in [0.2, 0.25) is 0 Å². The molecule has 3 heteroatoms. The van der Waals surface area contributed by atoms with E-state index in [0.717, 1.165) is 17.8 Å². The van der Waals surface area contributed by atoms with E-state index < -0.39 is 0 Å². The first kappa shape index (κ1) is 13.0. The van der Waals surface area contributed by atoms with E-state index >= 15 is 0 Å². The molecule has 0 fully saturated rings. The summed E-state index contributed by atoms with van der Waals surface area (Å²) in [5.41, 5.74) is 8.08. The summed E-state index contributed by atoms with van der Waals surface area (Å²) in [5.74, 6) is 0.659. The molecule has 1 rings (SSSR count). The van der Waals surface area contributed by atoms with Gasteiger partial charge in [-0.15, -0.1) is 0 Å². The van der Waals surface area contributed by atoms with Gasteiger partial charge < -0.3 is 5.73 Å². The van der Waals surface area contributed by atoms with Gasteiger partial charge in [-0.25, -0.2) is 4.98 Å². The zero-order valence-corrected chi connectivity index (χ0v) is 11.0. The van der Waals surface area contributed by atoms with Crippen LogP contribution in [0.4, 0.5) is 5.82 Å². The van der Waals surface area contributed by atoms with Crippen molar-refractivity contribution in [2.75, 3.05) is 12.3 Å². The van der Waals surface area contributed by atoms with Gasteiger partial charge in [-0.2, -0.15) is 0 Å². The molecule has 1 atom stereocenters. The summed E-state index contributed by atoms with van der Waals surface area (Å²) in [7, 11) is 0. The summed E-state index contributed by atoms with van der Waals surface area (Å²) in [6.45, 7) is 11.8. The summed E-state index contributed by atoms with van der Waals surface area (Å²) in [4.78, 5) is 6.73. The maximum absolute atomic E-state index is 5.98. The van der Waals surface area contributed by atoms with Crippen molar-refractivity contribution in [2.45, 2.75) is 46.7 Å². The van der Waals surface area contributed by atoms with Crippen molar-refractivity contribution in [3.63, 3.8) is 0 Å². The number of aryl methyl sites for hydroxylation is 1. The van der Waals surface area contributed by atoms with E-state index in [1.165, 1.54) is 0 Å². The Morgan fingerprint density at radius 1 is 1.31 bits per heavy atom. The molecule has 0 spiro atoms. The van der Waals surface area contributed by atoms with Crippen LogP contribution >= 0.6 is 0 Å². The molecule has 0 saturated carbocycles. The van der Waals surface area contributed by atoms with Gasteiger partial charge in [-0.3, -0.25) is 4.90 Å². The number of aromatic nitrogens is 1. The predicted molar refractivity (Wildman–Crippen MR) is 69.3 cm³/mol. The molecule has 0 saturated heterocycles. The second-order valence-electron chi connectivity index (χ2n) is 4.53. The van der Waals surface area contributed by atoms with E-state index in [9.17, 15) is 0 Å². The van der Waals surface area contributed by atoms with Crippen LogP contribution in [-0.4, -0.2) is 22.5 Å². The minimum Gasteiger partial charge on any atom is -0.383 e. The van der Waals surface area contributed by atoms with Crippen LogP contribution in [0.15, 0.2) is 12.1 Å². The molecule has 0 amide bonds. The second kappa shape index (κ2) is 5.30. The van der Waals surface area contributed by atoms with Crippen molar-refractivity contribution in [2.24, 2.45) is 0 Å². The van der Waals surface area contributed by atoms with Crippen LogP contribution in [0, 0.1) is 6.92 Å². The Morgan fingerprint density at radius 2 is 1.94 bits per heavy atom. The lowest BCUT2D eigenvalue weighted by Crippen LogP contribution is -2.33. The van der Waals surface area contributed by atoms with Crippen molar-refractivity contribution in [1.29, 1.82) is 0 Å². The quantitative estimate of drug-likeness (QED) is 0.850. The van der Waals surface area contributed by atoms with Gasteiger partial charge in [0.2, 0.25) is 0 Å². The topological polar surface area (TPSA) is 42.2 Å². The fourth-order valence-electron chi connectivity index (χ4n) is 2.21. The molecule has 16 heavy (non-hydrogen) atoms. The average molecular weight is 221 g/mol. The molecule has 1 aromatic rings. The number of hydrogen-bond acceptors (Lipinski definition) is 3. The predicted octanol–water partition coefficient (Wildman–Crippen LogP) is 2.76. The maximum atomic E-state index is 5.98. The number of pyridine rings is 1. The smallest absolute Gasteiger partial charge is 0.128 e. The fourth-order valence-corrected chi connectivity index (χ4v) is 2.21. The average Bonchev–Trinajstić information content (AvgIpc) is 2.17. The first-order chi connectivity index (χ1) is 7.47. The van der Waals surface area contributed by atoms with E-state index in [1.54, 1.807) is 0 Å². The zero-order chi connectivity index (χ0) is 12.3. The van der Waals surface area contributed by atoms with E-state index in [-0.39, 0.29) is 0 Å². The molecule has 1 aromatic heterocycles. The SMILES string of the molecule is CCN(C(C)C)C(C)c1ccc(C)nc1N. The van der Waals surface area contributed by atoms with Crippen LogP contribution in [0.5, 0.6) is 0 Å². The van der Waals surface area contributed by atoms with Crippen LogP contribution in [-0.2, 0) is 0 Å². The minimum absolute atomic E-state index is 0.318. The molecule has 1 heterocycles. The van der Waals surface area contributed by atoms with Gasteiger partial charge >= 0.3 is 0 Å². The number of anilines is 1. The van der Waals surface area contributed by atoms with E-state index in [2.05, 4.69) is 43.6 Å². The van der Waals surface area contributed by atoms with Gasteiger partial charge in [0.25, 0.3) is 0 Å². The first-order valence-electron chi connectivity index (χ1n) is 5.96. The van der Waals surface area contributed by atoms with Gasteiger partial charge in [-0.1, -0.05) is 13.0 Å². The standard InChI is InChI=1S/C13H23N3/c1-6-16(9(2)3)11(5)12-8-7-10(4)15-13(12)14/h7-9,11H,6H2,1-5H3,(H2,14,15). The fraction of sp³-hybridized carbons (Fsp3) is 0.615. The van der Waals surface area contributed by atoms with Crippen molar-refractivity contribution >= 4 is 5.82 Å². The number of rotatable bonds is 4. The third-order valence-corrected chi connectivity index (χ3v) is 3.07. The monoisotopic (exact) mass is 221 g/mol. The van der Waals surface area contributed by atoms with E-state index in [0.29, 0.717) is 17.9 Å². The van der Waals surface area contributed by atoms with E-state index in [1.807, 2.05) is 13.0 Å². The molecular weight excluding hydrogens is 198 g/mol. The summed E-state index contributed by atoms with van der Waals surface area (Å²) in [5, 5.41) is 0. The summed E-state index contributed by atoms with van der Waals surface area (Å²) < 4.78 is 0. The van der Waals surface area contributed by atoms with Crippen molar-refractivity contribution in [3.05, 3.63) is 23.4 Å². The Labute approximate surface area is 98.7 Å². The molecule has 3 nitrogen and oxygen atoms in total. The molecule has 0 radical (unpaired) electrons. The Bertz CT molecular complexity index is 347. The minimum atomic E-state index is 0.318. The molecule has 90 valence electrons. The Morgan fingerprint density at radius 3 is 2.38 bits per heavy atom. The largest absolute Gasteiger partial charge is 0.383 e. The highest BCUT2D eigenvalue weighted by atomic mass is 15.2. The molecule has 0 aromatic carbocycles. The lowest BCUT2D eigenvalue weighted by atomic mass is 10.1. The summed E-state index contributed by atoms with van der Waals surface area (Å²) in [6.07, 6.45) is 0. The highest BCUT2D eigenvalue weighted by molar-refractivity contribution is 5.42. The van der Waals surface area contributed by atoms with Gasteiger partial charge in [0, 0.05) is 23.3 Å². The summed E-state index contributed by atoms with van der Waals surface area (Å²) >= 11 is 0. The Kier molecular flexibility index (Phi) is 4.30. The molecule has 0 aliphatic carbocycles. The number of nitrogens with two attached hydrogens (primary N) is 1. The molecular formula is C13H23N3. The van der Waals surface area contributed by atoms with Crippen molar-refractivity contribution in [1.82, 2.24) is 9.88 Å². The Balaban J connectivity index is 2.99. The zero-order valence-electron chi connectivity index (χ0n) is 11.0. The van der Waals surface area contributed by atoms with Gasteiger partial charge in [-0.05, 0) is 40.3 Å². The molecule has 0 aliphatic rings. The van der Waals surface area contributed by atoms with Crippen molar-refractivity contribution in [3.8, 4) is 0 Å².